The van der Waals surface area contributed by atoms with E-state index in [1.54, 1.807) is 13.0 Å². The Balaban J connectivity index is 2.94. The molecule has 0 aliphatic carbocycles. The fourth-order valence-corrected chi connectivity index (χ4v) is 1.54. The molecular formula is C13H19N3O2. The van der Waals surface area contributed by atoms with E-state index in [4.69, 9.17) is 5.73 Å². The maximum absolute atomic E-state index is 12.0. The number of nitrogens with two attached hydrogens (primary N) is 1. The van der Waals surface area contributed by atoms with Crippen LogP contribution in [-0.2, 0) is 4.79 Å². The van der Waals surface area contributed by atoms with Gasteiger partial charge in [0.05, 0.1) is 5.56 Å². The highest BCUT2D eigenvalue weighted by Crippen LogP contribution is 2.17. The van der Waals surface area contributed by atoms with Gasteiger partial charge in [0.25, 0.3) is 5.91 Å². The van der Waals surface area contributed by atoms with Gasteiger partial charge in [0, 0.05) is 12.2 Å². The third-order valence-corrected chi connectivity index (χ3v) is 2.56. The van der Waals surface area contributed by atoms with Crippen molar-refractivity contribution in [2.45, 2.75) is 26.8 Å². The van der Waals surface area contributed by atoms with Crippen molar-refractivity contribution in [3.63, 3.8) is 0 Å². The number of carbonyl (C=O) groups is 2. The minimum Gasteiger partial charge on any atom is -0.385 e. The zero-order chi connectivity index (χ0) is 13.7. The predicted octanol–water partition coefficient (Wildman–Crippen LogP) is 1.03. The van der Waals surface area contributed by atoms with Crippen LogP contribution in [0.25, 0.3) is 0 Å². The number of nitrogens with one attached hydrogen (secondary N) is 2. The van der Waals surface area contributed by atoms with Crippen LogP contribution in [0.15, 0.2) is 18.2 Å². The Labute approximate surface area is 107 Å². The minimum absolute atomic E-state index is 0.308. The first-order valence-electron chi connectivity index (χ1n) is 5.90. The van der Waals surface area contributed by atoms with Crippen molar-refractivity contribution < 1.29 is 9.59 Å². The highest BCUT2D eigenvalue weighted by Gasteiger charge is 2.16. The summed E-state index contributed by atoms with van der Waals surface area (Å²) in [5.74, 6) is -0.863. The summed E-state index contributed by atoms with van der Waals surface area (Å²) < 4.78 is 0. The minimum atomic E-state index is -0.687. The van der Waals surface area contributed by atoms with Crippen molar-refractivity contribution in [3.8, 4) is 0 Å². The number of aryl methyl sites for hydroxylation is 1. The fourth-order valence-electron chi connectivity index (χ4n) is 1.54. The largest absolute Gasteiger partial charge is 0.385 e. The van der Waals surface area contributed by atoms with Crippen LogP contribution in [0.3, 0.4) is 0 Å². The molecule has 1 rings (SSSR count). The molecule has 98 valence electrons. The molecule has 1 aromatic carbocycles. The lowest BCUT2D eigenvalue weighted by Crippen LogP contribution is -2.42. The van der Waals surface area contributed by atoms with Gasteiger partial charge in [-0.2, -0.15) is 0 Å². The molecule has 1 aromatic rings. The van der Waals surface area contributed by atoms with E-state index in [2.05, 4.69) is 10.6 Å². The summed E-state index contributed by atoms with van der Waals surface area (Å²) in [7, 11) is 0. The predicted molar refractivity (Wildman–Crippen MR) is 71.5 cm³/mol. The van der Waals surface area contributed by atoms with Crippen molar-refractivity contribution in [2.24, 2.45) is 5.73 Å². The second-order valence-corrected chi connectivity index (χ2v) is 4.18. The quantitative estimate of drug-likeness (QED) is 0.728. The van der Waals surface area contributed by atoms with Crippen LogP contribution in [0.1, 0.15) is 29.8 Å². The Morgan fingerprint density at radius 1 is 1.39 bits per heavy atom. The summed E-state index contributed by atoms with van der Waals surface area (Å²) in [6.45, 7) is 6.18. The summed E-state index contributed by atoms with van der Waals surface area (Å²) in [5, 5.41) is 5.68. The van der Waals surface area contributed by atoms with Crippen LogP contribution in [0.2, 0.25) is 0 Å². The van der Waals surface area contributed by atoms with E-state index in [9.17, 15) is 9.59 Å². The van der Waals surface area contributed by atoms with E-state index in [1.165, 1.54) is 0 Å². The van der Waals surface area contributed by atoms with Gasteiger partial charge in [-0.1, -0.05) is 6.07 Å². The molecule has 0 fully saturated rings. The number of carbonyl (C=O) groups excluding carboxylic acids is 2. The van der Waals surface area contributed by atoms with Gasteiger partial charge in [-0.15, -0.1) is 0 Å². The number of rotatable bonds is 5. The summed E-state index contributed by atoms with van der Waals surface area (Å²) in [6.07, 6.45) is 0. The molecule has 18 heavy (non-hydrogen) atoms. The van der Waals surface area contributed by atoms with E-state index in [0.29, 0.717) is 5.56 Å². The Hall–Kier alpha value is -2.04. The van der Waals surface area contributed by atoms with Crippen molar-refractivity contribution in [3.05, 3.63) is 29.3 Å². The van der Waals surface area contributed by atoms with E-state index < -0.39 is 11.9 Å². The Morgan fingerprint density at radius 3 is 2.61 bits per heavy atom. The molecule has 0 bridgehead atoms. The van der Waals surface area contributed by atoms with E-state index in [-0.39, 0.29) is 5.91 Å². The van der Waals surface area contributed by atoms with Gasteiger partial charge in [-0.05, 0) is 38.5 Å². The highest BCUT2D eigenvalue weighted by molar-refractivity contribution is 6.01. The number of amides is 2. The van der Waals surface area contributed by atoms with Crippen LogP contribution in [-0.4, -0.2) is 24.4 Å². The second-order valence-electron chi connectivity index (χ2n) is 4.18. The van der Waals surface area contributed by atoms with E-state index in [1.807, 2.05) is 26.0 Å². The number of hydrogen-bond acceptors (Lipinski definition) is 3. The number of hydrogen-bond donors (Lipinski definition) is 3. The zero-order valence-corrected chi connectivity index (χ0v) is 10.9. The Kier molecular flexibility index (Phi) is 4.71. The highest BCUT2D eigenvalue weighted by atomic mass is 16.2. The van der Waals surface area contributed by atoms with E-state index >= 15 is 0 Å². The molecule has 1 atom stereocenters. The van der Waals surface area contributed by atoms with Gasteiger partial charge < -0.3 is 16.4 Å². The Bertz CT molecular complexity index is 458. The third kappa shape index (κ3) is 3.48. The SMILES string of the molecule is CCNc1cc(C)ccc1C(=O)NC(C)C(N)=O. The van der Waals surface area contributed by atoms with Crippen LogP contribution < -0.4 is 16.4 Å². The fraction of sp³-hybridized carbons (Fsp3) is 0.385. The van der Waals surface area contributed by atoms with Crippen molar-refractivity contribution in [1.82, 2.24) is 5.32 Å². The van der Waals surface area contributed by atoms with Crippen LogP contribution in [0.4, 0.5) is 5.69 Å². The first-order chi connectivity index (χ1) is 8.45. The molecule has 0 spiro atoms. The standard InChI is InChI=1S/C13H19N3O2/c1-4-15-11-7-8(2)5-6-10(11)13(18)16-9(3)12(14)17/h5-7,9,15H,4H2,1-3H3,(H2,14,17)(H,16,18). The lowest BCUT2D eigenvalue weighted by molar-refractivity contribution is -0.119. The molecule has 5 nitrogen and oxygen atoms in total. The van der Waals surface area contributed by atoms with Gasteiger partial charge >= 0.3 is 0 Å². The average Bonchev–Trinajstić information content (AvgIpc) is 2.29. The molecule has 2 amide bonds. The summed E-state index contributed by atoms with van der Waals surface area (Å²) in [6, 6.07) is 4.79. The van der Waals surface area contributed by atoms with Crippen LogP contribution in [0, 0.1) is 6.92 Å². The summed E-state index contributed by atoms with van der Waals surface area (Å²) >= 11 is 0. The molecule has 4 N–H and O–H groups in total. The molecule has 0 radical (unpaired) electrons. The molecule has 5 heteroatoms. The second kappa shape index (κ2) is 6.05. The molecule has 1 unspecified atom stereocenters. The van der Waals surface area contributed by atoms with Crippen molar-refractivity contribution in [2.75, 3.05) is 11.9 Å². The third-order valence-electron chi connectivity index (χ3n) is 2.56. The molecule has 0 saturated heterocycles. The lowest BCUT2D eigenvalue weighted by Gasteiger charge is -2.14. The van der Waals surface area contributed by atoms with Gasteiger partial charge in [0.2, 0.25) is 5.91 Å². The van der Waals surface area contributed by atoms with Gasteiger partial charge in [-0.25, -0.2) is 0 Å². The first kappa shape index (κ1) is 14.0. The lowest BCUT2D eigenvalue weighted by atomic mass is 10.1. The maximum atomic E-state index is 12.0. The summed E-state index contributed by atoms with van der Waals surface area (Å²) in [4.78, 5) is 22.9. The molecule has 0 aromatic heterocycles. The molecule has 0 aliphatic rings. The zero-order valence-electron chi connectivity index (χ0n) is 10.9. The van der Waals surface area contributed by atoms with Gasteiger partial charge in [-0.3, -0.25) is 9.59 Å². The van der Waals surface area contributed by atoms with Crippen molar-refractivity contribution >= 4 is 17.5 Å². The van der Waals surface area contributed by atoms with Gasteiger partial charge in [0.1, 0.15) is 6.04 Å². The smallest absolute Gasteiger partial charge is 0.254 e. The van der Waals surface area contributed by atoms with Crippen LogP contribution >= 0.6 is 0 Å². The maximum Gasteiger partial charge on any atom is 0.254 e. The topological polar surface area (TPSA) is 84.2 Å². The molecule has 0 saturated carbocycles. The number of primary amides is 1. The molecular weight excluding hydrogens is 230 g/mol. The number of benzene rings is 1. The van der Waals surface area contributed by atoms with Crippen LogP contribution in [0.5, 0.6) is 0 Å². The summed E-state index contributed by atoms with van der Waals surface area (Å²) in [5.41, 5.74) is 7.44. The van der Waals surface area contributed by atoms with Gasteiger partial charge in [0.15, 0.2) is 0 Å². The molecule has 0 heterocycles. The monoisotopic (exact) mass is 249 g/mol. The molecule has 0 aliphatic heterocycles. The average molecular weight is 249 g/mol. The number of anilines is 1. The Morgan fingerprint density at radius 2 is 2.06 bits per heavy atom. The first-order valence-corrected chi connectivity index (χ1v) is 5.90. The normalized spacial score (nSPS) is 11.7. The van der Waals surface area contributed by atoms with E-state index in [0.717, 1.165) is 17.8 Å². The van der Waals surface area contributed by atoms with Crippen molar-refractivity contribution in [1.29, 1.82) is 0 Å².